The molecule has 1 aliphatic rings. The fourth-order valence-corrected chi connectivity index (χ4v) is 2.16. The molecule has 7 nitrogen and oxygen atoms in total. The lowest BCUT2D eigenvalue weighted by Crippen LogP contribution is -2.53. The molecule has 116 valence electrons. The molecule has 2 atom stereocenters. The number of carboxylic acids is 1. The van der Waals surface area contributed by atoms with Gasteiger partial charge in [-0.3, -0.25) is 4.79 Å². The molecule has 0 saturated carbocycles. The molecule has 1 fully saturated rings. The number of hydrogen-bond donors (Lipinski definition) is 3. The Kier molecular flexibility index (Phi) is 6.53. The van der Waals surface area contributed by atoms with Gasteiger partial charge in [0, 0.05) is 19.5 Å². The summed E-state index contributed by atoms with van der Waals surface area (Å²) in [6, 6.07) is -2.58. The molecule has 0 bridgehead atoms. The number of aliphatic carboxylic acids is 1. The van der Waals surface area contributed by atoms with Crippen LogP contribution < -0.4 is 10.6 Å². The maximum absolute atomic E-state index is 12.1. The average Bonchev–Trinajstić information content (AvgIpc) is 2.46. The molecule has 3 N–H and O–H groups in total. The molecular formula is C14H21N3O4. The third-order valence-corrected chi connectivity index (χ3v) is 3.31. The Hall–Kier alpha value is -2.23. The normalized spacial score (nSPS) is 17.2. The summed E-state index contributed by atoms with van der Waals surface area (Å²) in [5.41, 5.74) is 0. The van der Waals surface area contributed by atoms with Crippen molar-refractivity contribution in [2.45, 2.75) is 44.7 Å². The third-order valence-electron chi connectivity index (χ3n) is 3.31. The summed E-state index contributed by atoms with van der Waals surface area (Å²) in [5, 5.41) is 13.6. The van der Waals surface area contributed by atoms with Gasteiger partial charge in [-0.25, -0.2) is 9.59 Å². The van der Waals surface area contributed by atoms with Crippen molar-refractivity contribution in [2.24, 2.45) is 0 Å². The zero-order chi connectivity index (χ0) is 15.8. The van der Waals surface area contributed by atoms with Gasteiger partial charge in [-0.2, -0.15) is 0 Å². The molecule has 0 aromatic rings. The van der Waals surface area contributed by atoms with Gasteiger partial charge < -0.3 is 20.6 Å². The first kappa shape index (κ1) is 16.8. The average molecular weight is 295 g/mol. The predicted molar refractivity (Wildman–Crippen MR) is 76.4 cm³/mol. The molecule has 3 amide bonds. The van der Waals surface area contributed by atoms with Crippen molar-refractivity contribution in [1.29, 1.82) is 0 Å². The second-order valence-electron chi connectivity index (χ2n) is 5.02. The minimum Gasteiger partial charge on any atom is -0.480 e. The van der Waals surface area contributed by atoms with E-state index in [1.165, 1.54) is 0 Å². The summed E-state index contributed by atoms with van der Waals surface area (Å²) in [6.07, 6.45) is 7.97. The molecule has 1 aliphatic heterocycles. The van der Waals surface area contributed by atoms with E-state index < -0.39 is 24.1 Å². The third kappa shape index (κ3) is 5.34. The van der Waals surface area contributed by atoms with Crippen LogP contribution >= 0.6 is 0 Å². The van der Waals surface area contributed by atoms with Crippen molar-refractivity contribution < 1.29 is 19.5 Å². The SMILES string of the molecule is C#CCC(NC(=O)NC(C)C(=O)N1CCCCC1)C(=O)O. The Morgan fingerprint density at radius 1 is 1.24 bits per heavy atom. The number of nitrogens with one attached hydrogen (secondary N) is 2. The number of piperidine rings is 1. The van der Waals surface area contributed by atoms with Gasteiger partial charge in [0.15, 0.2) is 0 Å². The van der Waals surface area contributed by atoms with Crippen molar-refractivity contribution in [1.82, 2.24) is 15.5 Å². The number of amides is 3. The van der Waals surface area contributed by atoms with Crippen LogP contribution in [0.4, 0.5) is 4.79 Å². The van der Waals surface area contributed by atoms with Crippen LogP contribution in [-0.4, -0.2) is 53.1 Å². The summed E-state index contributed by atoms with van der Waals surface area (Å²) in [5.74, 6) is 0.815. The van der Waals surface area contributed by atoms with Crippen molar-refractivity contribution >= 4 is 17.9 Å². The van der Waals surface area contributed by atoms with E-state index >= 15 is 0 Å². The predicted octanol–water partition coefficient (Wildman–Crippen LogP) is 0.163. The quantitative estimate of drug-likeness (QED) is 0.629. The summed E-state index contributed by atoms with van der Waals surface area (Å²) >= 11 is 0. The summed E-state index contributed by atoms with van der Waals surface area (Å²) < 4.78 is 0. The van der Waals surface area contributed by atoms with E-state index in [2.05, 4.69) is 16.6 Å². The fourth-order valence-electron chi connectivity index (χ4n) is 2.16. The highest BCUT2D eigenvalue weighted by Gasteiger charge is 2.25. The van der Waals surface area contributed by atoms with Gasteiger partial charge in [0.1, 0.15) is 12.1 Å². The van der Waals surface area contributed by atoms with Crippen molar-refractivity contribution in [3.63, 3.8) is 0 Å². The van der Waals surface area contributed by atoms with E-state index in [0.717, 1.165) is 19.3 Å². The van der Waals surface area contributed by atoms with Crippen LogP contribution in [0.5, 0.6) is 0 Å². The number of rotatable bonds is 5. The highest BCUT2D eigenvalue weighted by Crippen LogP contribution is 2.09. The van der Waals surface area contributed by atoms with Crippen molar-refractivity contribution in [3.8, 4) is 12.3 Å². The molecule has 0 radical (unpaired) electrons. The smallest absolute Gasteiger partial charge is 0.327 e. The van der Waals surface area contributed by atoms with Gasteiger partial charge in [0.25, 0.3) is 0 Å². The van der Waals surface area contributed by atoms with Gasteiger partial charge in [0.2, 0.25) is 5.91 Å². The lowest BCUT2D eigenvalue weighted by molar-refractivity contribution is -0.139. The van der Waals surface area contributed by atoms with E-state index in [4.69, 9.17) is 11.5 Å². The summed E-state index contributed by atoms with van der Waals surface area (Å²) in [4.78, 5) is 36.4. The maximum Gasteiger partial charge on any atom is 0.327 e. The number of carboxylic acid groups (broad SMARTS) is 1. The number of carbonyl (C=O) groups is 3. The van der Waals surface area contributed by atoms with Crippen LogP contribution in [-0.2, 0) is 9.59 Å². The molecule has 2 unspecified atom stereocenters. The Labute approximate surface area is 124 Å². The Bertz CT molecular complexity index is 438. The summed E-state index contributed by atoms with van der Waals surface area (Å²) in [6.45, 7) is 2.97. The number of likely N-dealkylation sites (tertiary alicyclic amines) is 1. The van der Waals surface area contributed by atoms with Crippen LogP contribution in [0.3, 0.4) is 0 Å². The van der Waals surface area contributed by atoms with Gasteiger partial charge in [-0.15, -0.1) is 12.3 Å². The molecule has 1 heterocycles. The molecule has 0 spiro atoms. The van der Waals surface area contributed by atoms with E-state index in [1.807, 2.05) is 0 Å². The van der Waals surface area contributed by atoms with Crippen LogP contribution in [0.2, 0.25) is 0 Å². The zero-order valence-electron chi connectivity index (χ0n) is 12.1. The Morgan fingerprint density at radius 2 is 1.86 bits per heavy atom. The highest BCUT2D eigenvalue weighted by molar-refractivity contribution is 5.88. The first-order chi connectivity index (χ1) is 9.95. The molecular weight excluding hydrogens is 274 g/mol. The monoisotopic (exact) mass is 295 g/mol. The summed E-state index contributed by atoms with van der Waals surface area (Å²) in [7, 11) is 0. The first-order valence-electron chi connectivity index (χ1n) is 6.97. The van der Waals surface area contributed by atoms with Crippen molar-refractivity contribution in [2.75, 3.05) is 13.1 Å². The van der Waals surface area contributed by atoms with Gasteiger partial charge in [-0.05, 0) is 26.2 Å². The highest BCUT2D eigenvalue weighted by atomic mass is 16.4. The number of hydrogen-bond acceptors (Lipinski definition) is 3. The van der Waals surface area contributed by atoms with Gasteiger partial charge in [-0.1, -0.05) is 0 Å². The van der Waals surface area contributed by atoms with Crippen LogP contribution in [0.1, 0.15) is 32.6 Å². The number of carbonyl (C=O) groups excluding carboxylic acids is 2. The van der Waals surface area contributed by atoms with E-state index in [1.54, 1.807) is 11.8 Å². The van der Waals surface area contributed by atoms with E-state index in [-0.39, 0.29) is 12.3 Å². The van der Waals surface area contributed by atoms with Gasteiger partial charge in [0.05, 0.1) is 0 Å². The number of nitrogens with zero attached hydrogens (tertiary/aromatic N) is 1. The first-order valence-corrected chi connectivity index (χ1v) is 6.97. The standard InChI is InChI=1S/C14H21N3O4/c1-3-7-11(13(19)20)16-14(21)15-10(2)12(18)17-8-5-4-6-9-17/h1,10-11H,4-9H2,2H3,(H,19,20)(H2,15,16,21). The fraction of sp³-hybridized carbons (Fsp3) is 0.643. The van der Waals surface area contributed by atoms with Crippen LogP contribution in [0.15, 0.2) is 0 Å². The topological polar surface area (TPSA) is 98.7 Å². The maximum atomic E-state index is 12.1. The lowest BCUT2D eigenvalue weighted by atomic mass is 10.1. The van der Waals surface area contributed by atoms with Gasteiger partial charge >= 0.3 is 12.0 Å². The Morgan fingerprint density at radius 3 is 2.38 bits per heavy atom. The molecule has 1 saturated heterocycles. The number of urea groups is 1. The molecule has 21 heavy (non-hydrogen) atoms. The van der Waals surface area contributed by atoms with Crippen LogP contribution in [0, 0.1) is 12.3 Å². The minimum absolute atomic E-state index is 0.114. The zero-order valence-corrected chi connectivity index (χ0v) is 12.1. The van der Waals surface area contributed by atoms with Crippen molar-refractivity contribution in [3.05, 3.63) is 0 Å². The molecule has 0 aromatic heterocycles. The Balaban J connectivity index is 2.47. The lowest BCUT2D eigenvalue weighted by Gasteiger charge is -2.29. The second-order valence-corrected chi connectivity index (χ2v) is 5.02. The minimum atomic E-state index is -1.21. The van der Waals surface area contributed by atoms with Crippen LogP contribution in [0.25, 0.3) is 0 Å². The number of terminal acetylenes is 1. The molecule has 7 heteroatoms. The van der Waals surface area contributed by atoms with E-state index in [9.17, 15) is 14.4 Å². The second kappa shape index (κ2) is 8.15. The molecule has 1 rings (SSSR count). The molecule has 0 aromatic carbocycles. The van der Waals surface area contributed by atoms with E-state index in [0.29, 0.717) is 13.1 Å². The largest absolute Gasteiger partial charge is 0.480 e. The molecule has 0 aliphatic carbocycles.